The van der Waals surface area contributed by atoms with Crippen LogP contribution in [0.25, 0.3) is 0 Å². The third-order valence-electron chi connectivity index (χ3n) is 7.04. The van der Waals surface area contributed by atoms with Crippen LogP contribution in [-0.4, -0.2) is 59.3 Å². The zero-order chi connectivity index (χ0) is 25.2. The number of carbonyl (C=O) groups is 2. The standard InChI is InChI=1S/C22H23Cl2F3N2O6/c23-13-3-12-15(30)5-17(34-16(12)4-14(13)24)19(32)29-21-7-20(8-21,9-21)28-18(31)6-33-10-1-11(2-10)35-22(25,26)27/h3-4,10-11,15,17,30H,1-2,5-9H2,(H,28,31)(H,29,32)/t10?,11?,15-,17+,20?,21?/m0/s1. The highest BCUT2D eigenvalue weighted by atomic mass is 35.5. The number of aliphatic hydroxyl groups is 1. The van der Waals surface area contributed by atoms with Crippen LogP contribution < -0.4 is 15.4 Å². The maximum absolute atomic E-state index is 12.8. The van der Waals surface area contributed by atoms with Crippen molar-refractivity contribution in [2.45, 2.75) is 80.4 Å². The monoisotopic (exact) mass is 538 g/mol. The smallest absolute Gasteiger partial charge is 0.480 e. The average molecular weight is 539 g/mol. The molecular weight excluding hydrogens is 516 g/mol. The van der Waals surface area contributed by atoms with Gasteiger partial charge in [-0.3, -0.25) is 14.3 Å². The Morgan fingerprint density at radius 3 is 2.34 bits per heavy atom. The molecule has 0 saturated heterocycles. The average Bonchev–Trinajstić information content (AvgIpc) is 2.67. The number of halogens is 5. The van der Waals surface area contributed by atoms with Gasteiger partial charge < -0.3 is 25.2 Å². The Bertz CT molecular complexity index is 1030. The summed E-state index contributed by atoms with van der Waals surface area (Å²) in [5.41, 5.74) is -0.379. The minimum absolute atomic E-state index is 0.0716. The normalized spacial score (nSPS) is 34.9. The van der Waals surface area contributed by atoms with Gasteiger partial charge in [0, 0.05) is 42.0 Å². The Hall–Kier alpha value is -1.79. The van der Waals surface area contributed by atoms with Crippen LogP contribution in [0.15, 0.2) is 12.1 Å². The molecule has 0 radical (unpaired) electrons. The Balaban J connectivity index is 1.04. The van der Waals surface area contributed by atoms with Crippen molar-refractivity contribution in [1.29, 1.82) is 0 Å². The lowest BCUT2D eigenvalue weighted by Gasteiger charge is -2.70. The van der Waals surface area contributed by atoms with E-state index in [0.717, 1.165) is 0 Å². The Kier molecular flexibility index (Phi) is 6.15. The molecule has 0 spiro atoms. The van der Waals surface area contributed by atoms with Gasteiger partial charge in [-0.25, -0.2) is 0 Å². The zero-order valence-corrected chi connectivity index (χ0v) is 19.8. The van der Waals surface area contributed by atoms with Crippen molar-refractivity contribution >= 4 is 35.0 Å². The highest BCUT2D eigenvalue weighted by molar-refractivity contribution is 6.42. The van der Waals surface area contributed by atoms with Crippen LogP contribution in [0.1, 0.15) is 50.2 Å². The van der Waals surface area contributed by atoms with Crippen molar-refractivity contribution < 1.29 is 42.1 Å². The SMILES string of the molecule is O=C(COC1CC(OC(F)(F)F)C1)NC12CC(NC(=O)[C@H]3C[C@H](O)c4cc(Cl)c(Cl)cc4O3)(C1)C2. The van der Waals surface area contributed by atoms with Gasteiger partial charge in [-0.15, -0.1) is 13.2 Å². The van der Waals surface area contributed by atoms with Crippen molar-refractivity contribution in [1.82, 2.24) is 10.6 Å². The van der Waals surface area contributed by atoms with Crippen LogP contribution in [-0.2, 0) is 19.1 Å². The summed E-state index contributed by atoms with van der Waals surface area (Å²) in [7, 11) is 0. The molecule has 4 aliphatic carbocycles. The van der Waals surface area contributed by atoms with E-state index in [1.165, 1.54) is 12.1 Å². The number of rotatable bonds is 7. The van der Waals surface area contributed by atoms with Crippen LogP contribution in [0.2, 0.25) is 10.0 Å². The molecule has 8 nitrogen and oxygen atoms in total. The molecule has 1 aromatic carbocycles. The number of amides is 2. The molecule has 0 aromatic heterocycles. The van der Waals surface area contributed by atoms with Gasteiger partial charge >= 0.3 is 6.36 Å². The first-order valence-corrected chi connectivity index (χ1v) is 11.9. The van der Waals surface area contributed by atoms with E-state index in [-0.39, 0.29) is 47.7 Å². The number of aliphatic hydroxyl groups excluding tert-OH is 1. The van der Waals surface area contributed by atoms with Gasteiger partial charge in [-0.05, 0) is 25.3 Å². The van der Waals surface area contributed by atoms with Gasteiger partial charge in [0.25, 0.3) is 5.91 Å². The fourth-order valence-electron chi connectivity index (χ4n) is 5.46. The van der Waals surface area contributed by atoms with Gasteiger partial charge in [0.1, 0.15) is 12.4 Å². The number of benzene rings is 1. The second kappa shape index (κ2) is 8.65. The van der Waals surface area contributed by atoms with Gasteiger partial charge in [0.05, 0.1) is 28.4 Å². The highest BCUT2D eigenvalue weighted by Gasteiger charge is 2.69. The van der Waals surface area contributed by atoms with Crippen LogP contribution in [0.4, 0.5) is 13.2 Å². The van der Waals surface area contributed by atoms with E-state index in [4.69, 9.17) is 32.7 Å². The number of nitrogens with one attached hydrogen (secondary N) is 2. The maximum Gasteiger partial charge on any atom is 0.522 e. The summed E-state index contributed by atoms with van der Waals surface area (Å²) in [5.74, 6) is -0.401. The van der Waals surface area contributed by atoms with Gasteiger partial charge in [0.15, 0.2) is 6.10 Å². The lowest BCUT2D eigenvalue weighted by atomic mass is 9.44. The minimum atomic E-state index is -4.67. The fourth-order valence-corrected chi connectivity index (χ4v) is 5.78. The molecule has 2 atom stereocenters. The van der Waals surface area contributed by atoms with E-state index >= 15 is 0 Å². The third kappa shape index (κ3) is 5.06. The van der Waals surface area contributed by atoms with Crippen LogP contribution in [0.3, 0.4) is 0 Å². The number of alkyl halides is 3. The Labute approximate surface area is 208 Å². The van der Waals surface area contributed by atoms with Crippen LogP contribution in [0, 0.1) is 0 Å². The van der Waals surface area contributed by atoms with Crippen molar-refractivity contribution in [2.75, 3.05) is 6.61 Å². The first-order chi connectivity index (χ1) is 16.3. The molecule has 0 unspecified atom stereocenters. The Morgan fingerprint density at radius 2 is 1.69 bits per heavy atom. The van der Waals surface area contributed by atoms with Crippen molar-refractivity contribution in [3.63, 3.8) is 0 Å². The predicted molar refractivity (Wildman–Crippen MR) is 116 cm³/mol. The molecule has 5 aliphatic rings. The number of carbonyl (C=O) groups excluding carboxylic acids is 2. The summed E-state index contributed by atoms with van der Waals surface area (Å²) in [5, 5.41) is 16.8. The second-order valence-electron chi connectivity index (χ2n) is 9.88. The Morgan fingerprint density at radius 1 is 1.06 bits per heavy atom. The van der Waals surface area contributed by atoms with Crippen molar-refractivity contribution in [3.05, 3.63) is 27.7 Å². The van der Waals surface area contributed by atoms with Crippen LogP contribution in [0.5, 0.6) is 5.75 Å². The summed E-state index contributed by atoms with van der Waals surface area (Å²) in [6.45, 7) is -0.246. The molecule has 4 fully saturated rings. The second-order valence-corrected chi connectivity index (χ2v) is 10.7. The molecule has 3 N–H and O–H groups in total. The summed E-state index contributed by atoms with van der Waals surface area (Å²) < 4.78 is 51.4. The quantitative estimate of drug-likeness (QED) is 0.492. The number of ether oxygens (including phenoxy) is 3. The molecule has 192 valence electrons. The lowest BCUT2D eigenvalue weighted by molar-refractivity contribution is -0.357. The molecule has 1 heterocycles. The minimum Gasteiger partial charge on any atom is -0.480 e. The highest BCUT2D eigenvalue weighted by Crippen LogP contribution is 2.60. The van der Waals surface area contributed by atoms with Gasteiger partial charge in [0.2, 0.25) is 5.91 Å². The van der Waals surface area contributed by atoms with Crippen LogP contribution >= 0.6 is 23.2 Å². The lowest BCUT2D eigenvalue weighted by Crippen LogP contribution is -2.84. The van der Waals surface area contributed by atoms with E-state index in [0.29, 0.717) is 30.6 Å². The van der Waals surface area contributed by atoms with Gasteiger partial charge in [-0.2, -0.15) is 0 Å². The molecule has 13 heteroatoms. The molecule has 35 heavy (non-hydrogen) atoms. The maximum atomic E-state index is 12.8. The number of fused-ring (bicyclic) bond motifs is 1. The number of hydrogen-bond acceptors (Lipinski definition) is 6. The molecule has 4 saturated carbocycles. The first kappa shape index (κ1) is 24.9. The van der Waals surface area contributed by atoms with E-state index in [1.807, 2.05) is 0 Å². The summed E-state index contributed by atoms with van der Waals surface area (Å²) in [4.78, 5) is 25.0. The van der Waals surface area contributed by atoms with Crippen molar-refractivity contribution in [3.8, 4) is 5.75 Å². The molecule has 1 aliphatic heterocycles. The van der Waals surface area contributed by atoms with E-state index < -0.39 is 41.9 Å². The molecule has 1 aromatic rings. The third-order valence-corrected chi connectivity index (χ3v) is 7.76. The molecule has 6 rings (SSSR count). The van der Waals surface area contributed by atoms with E-state index in [2.05, 4.69) is 15.4 Å². The summed E-state index contributed by atoms with van der Waals surface area (Å²) in [6, 6.07) is 3.00. The molecular formula is C22H23Cl2F3N2O6. The zero-order valence-electron chi connectivity index (χ0n) is 18.3. The van der Waals surface area contributed by atoms with E-state index in [1.54, 1.807) is 0 Å². The largest absolute Gasteiger partial charge is 0.522 e. The van der Waals surface area contributed by atoms with E-state index in [9.17, 15) is 27.9 Å². The summed E-state index contributed by atoms with van der Waals surface area (Å²) >= 11 is 12.0. The summed E-state index contributed by atoms with van der Waals surface area (Å²) in [6.07, 6.45) is -5.94. The fraction of sp³-hybridized carbons (Fsp3) is 0.636. The molecule has 2 amide bonds. The first-order valence-electron chi connectivity index (χ1n) is 11.2. The predicted octanol–water partition coefficient (Wildman–Crippen LogP) is 3.17. The number of hydrogen-bond donors (Lipinski definition) is 3. The topological polar surface area (TPSA) is 106 Å². The molecule has 2 bridgehead atoms. The van der Waals surface area contributed by atoms with Gasteiger partial charge in [-0.1, -0.05) is 23.2 Å². The van der Waals surface area contributed by atoms with Crippen molar-refractivity contribution in [2.24, 2.45) is 0 Å².